The monoisotopic (exact) mass is 293 g/mol. The second-order valence-corrected chi connectivity index (χ2v) is 4.86. The number of hydrogen-bond donors (Lipinski definition) is 3. The molecule has 0 unspecified atom stereocenters. The smallest absolute Gasteiger partial charge is 0.329 e. The Balaban J connectivity index is 2.32. The minimum absolute atomic E-state index is 0.105. The highest BCUT2D eigenvalue weighted by molar-refractivity contribution is 5.96. The van der Waals surface area contributed by atoms with Crippen molar-refractivity contribution in [2.75, 3.05) is 11.9 Å². The highest BCUT2D eigenvalue weighted by Gasteiger charge is 2.51. The topological polar surface area (TPSA) is 122 Å². The van der Waals surface area contributed by atoms with Gasteiger partial charge >= 0.3 is 5.97 Å². The molecule has 8 nitrogen and oxygen atoms in total. The Labute approximate surface area is 120 Å². The predicted octanol–water partition coefficient (Wildman–Crippen LogP) is 1.37. The fourth-order valence-electron chi connectivity index (χ4n) is 1.97. The van der Waals surface area contributed by atoms with E-state index in [9.17, 15) is 19.7 Å². The number of carbonyl (C=O) groups excluding carboxylic acids is 1. The first kappa shape index (κ1) is 14.8. The molecule has 2 rings (SSSR count). The quantitative estimate of drug-likeness (QED) is 0.538. The summed E-state index contributed by atoms with van der Waals surface area (Å²) in [5.74, 6) is -1.45. The normalized spacial score (nSPS) is 15.1. The third-order valence-corrected chi connectivity index (χ3v) is 3.33. The molecule has 1 aromatic carbocycles. The van der Waals surface area contributed by atoms with Gasteiger partial charge in [-0.2, -0.15) is 0 Å². The van der Waals surface area contributed by atoms with E-state index in [0.717, 1.165) is 6.07 Å². The molecule has 1 saturated carbocycles. The second-order valence-electron chi connectivity index (χ2n) is 4.86. The van der Waals surface area contributed by atoms with Crippen LogP contribution in [0.25, 0.3) is 0 Å². The van der Waals surface area contributed by atoms with Crippen LogP contribution in [-0.4, -0.2) is 34.0 Å². The molecule has 0 atom stereocenters. The number of aliphatic carboxylic acids is 1. The van der Waals surface area contributed by atoms with E-state index in [2.05, 4.69) is 10.6 Å². The number of hydrogen-bond acceptors (Lipinski definition) is 5. The van der Waals surface area contributed by atoms with Crippen molar-refractivity contribution in [1.82, 2.24) is 5.32 Å². The first-order valence-electron chi connectivity index (χ1n) is 6.48. The predicted molar refractivity (Wildman–Crippen MR) is 74.3 cm³/mol. The lowest BCUT2D eigenvalue weighted by Crippen LogP contribution is -2.31. The third kappa shape index (κ3) is 2.93. The summed E-state index contributed by atoms with van der Waals surface area (Å²) in [5.41, 5.74) is -1.17. The van der Waals surface area contributed by atoms with Gasteiger partial charge in [0.25, 0.3) is 11.6 Å². The van der Waals surface area contributed by atoms with Gasteiger partial charge in [-0.3, -0.25) is 14.9 Å². The van der Waals surface area contributed by atoms with E-state index >= 15 is 0 Å². The maximum atomic E-state index is 11.7. The first-order valence-corrected chi connectivity index (χ1v) is 6.48. The number of carbonyl (C=O) groups is 2. The number of anilines is 1. The molecule has 112 valence electrons. The molecule has 0 heterocycles. The Morgan fingerprint density at radius 3 is 2.57 bits per heavy atom. The molecule has 1 fully saturated rings. The molecular formula is C13H15N3O5. The highest BCUT2D eigenvalue weighted by Crippen LogP contribution is 2.41. The fourth-order valence-corrected chi connectivity index (χ4v) is 1.97. The van der Waals surface area contributed by atoms with E-state index < -0.39 is 22.3 Å². The molecule has 0 aliphatic heterocycles. The standard InChI is InChI=1S/C13H15N3O5/c1-2-14-11(17)8-3-4-9(10(7-8)16(20)21)15-13(5-6-13)12(18)19/h3-4,7,15H,2,5-6H2,1H3,(H,14,17)(H,18,19). The number of benzene rings is 1. The number of nitrogens with zero attached hydrogens (tertiary/aromatic N) is 1. The Morgan fingerprint density at radius 2 is 2.10 bits per heavy atom. The first-order chi connectivity index (χ1) is 9.89. The molecule has 3 N–H and O–H groups in total. The van der Waals surface area contributed by atoms with E-state index in [1.165, 1.54) is 12.1 Å². The number of amides is 1. The van der Waals surface area contributed by atoms with Gasteiger partial charge in [0.15, 0.2) is 0 Å². The largest absolute Gasteiger partial charge is 0.480 e. The summed E-state index contributed by atoms with van der Waals surface area (Å²) in [4.78, 5) is 33.3. The molecule has 0 radical (unpaired) electrons. The summed E-state index contributed by atoms with van der Waals surface area (Å²) in [5, 5.41) is 25.5. The van der Waals surface area contributed by atoms with Gasteiger partial charge in [0.05, 0.1) is 4.92 Å². The zero-order chi connectivity index (χ0) is 15.6. The van der Waals surface area contributed by atoms with E-state index in [1.54, 1.807) is 6.92 Å². The van der Waals surface area contributed by atoms with Gasteiger partial charge in [-0.15, -0.1) is 0 Å². The van der Waals surface area contributed by atoms with Gasteiger partial charge in [0.1, 0.15) is 11.2 Å². The lowest BCUT2D eigenvalue weighted by Gasteiger charge is -2.14. The van der Waals surface area contributed by atoms with Crippen molar-refractivity contribution < 1.29 is 19.6 Å². The molecule has 1 aliphatic carbocycles. The average Bonchev–Trinajstić information content (AvgIpc) is 3.20. The molecule has 8 heteroatoms. The van der Waals surface area contributed by atoms with Crippen molar-refractivity contribution in [2.24, 2.45) is 0 Å². The maximum absolute atomic E-state index is 11.7. The fraction of sp³-hybridized carbons (Fsp3) is 0.385. The summed E-state index contributed by atoms with van der Waals surface area (Å²) in [6.07, 6.45) is 0.828. The summed E-state index contributed by atoms with van der Waals surface area (Å²) in [6, 6.07) is 3.94. The minimum atomic E-state index is -1.13. The molecule has 0 spiro atoms. The van der Waals surface area contributed by atoms with E-state index in [-0.39, 0.29) is 16.9 Å². The molecule has 1 aliphatic rings. The van der Waals surface area contributed by atoms with Crippen LogP contribution in [0.2, 0.25) is 0 Å². The molecule has 1 amide bonds. The van der Waals surface area contributed by atoms with E-state index in [0.29, 0.717) is 19.4 Å². The Kier molecular flexibility index (Phi) is 3.79. The van der Waals surface area contributed by atoms with Crippen LogP contribution in [0.1, 0.15) is 30.1 Å². The number of nitrogens with one attached hydrogen (secondary N) is 2. The average molecular weight is 293 g/mol. The lowest BCUT2D eigenvalue weighted by molar-refractivity contribution is -0.384. The molecule has 0 saturated heterocycles. The Hall–Kier alpha value is -2.64. The van der Waals surface area contributed by atoms with E-state index in [4.69, 9.17) is 5.11 Å². The van der Waals surface area contributed by atoms with Crippen LogP contribution in [-0.2, 0) is 4.79 Å². The number of carboxylic acids is 1. The van der Waals surface area contributed by atoms with Gasteiger partial charge in [-0.25, -0.2) is 4.79 Å². The van der Waals surface area contributed by atoms with Crippen molar-refractivity contribution in [2.45, 2.75) is 25.3 Å². The van der Waals surface area contributed by atoms with Gasteiger partial charge in [-0.05, 0) is 31.9 Å². The van der Waals surface area contributed by atoms with Crippen LogP contribution >= 0.6 is 0 Å². The summed E-state index contributed by atoms with van der Waals surface area (Å²) in [7, 11) is 0. The Bertz CT molecular complexity index is 610. The Morgan fingerprint density at radius 1 is 1.43 bits per heavy atom. The number of carboxylic acid groups (broad SMARTS) is 1. The van der Waals surface area contributed by atoms with Gasteiger partial charge in [-0.1, -0.05) is 0 Å². The van der Waals surface area contributed by atoms with Gasteiger partial charge in [0, 0.05) is 18.2 Å². The zero-order valence-electron chi connectivity index (χ0n) is 11.4. The minimum Gasteiger partial charge on any atom is -0.480 e. The number of rotatable bonds is 6. The maximum Gasteiger partial charge on any atom is 0.329 e. The summed E-state index contributed by atoms with van der Waals surface area (Å²) < 4.78 is 0. The van der Waals surface area contributed by atoms with E-state index in [1.807, 2.05) is 0 Å². The van der Waals surface area contributed by atoms with Crippen LogP contribution in [0.5, 0.6) is 0 Å². The molecular weight excluding hydrogens is 278 g/mol. The molecule has 21 heavy (non-hydrogen) atoms. The summed E-state index contributed by atoms with van der Waals surface area (Å²) in [6.45, 7) is 2.15. The van der Waals surface area contributed by atoms with Crippen molar-refractivity contribution in [1.29, 1.82) is 0 Å². The zero-order valence-corrected chi connectivity index (χ0v) is 11.4. The van der Waals surface area contributed by atoms with Crippen molar-refractivity contribution >= 4 is 23.3 Å². The van der Waals surface area contributed by atoms with Gasteiger partial charge < -0.3 is 15.7 Å². The highest BCUT2D eigenvalue weighted by atomic mass is 16.6. The number of nitro groups is 1. The molecule has 0 aromatic heterocycles. The lowest BCUT2D eigenvalue weighted by atomic mass is 10.1. The van der Waals surface area contributed by atoms with Crippen LogP contribution < -0.4 is 10.6 Å². The van der Waals surface area contributed by atoms with Crippen molar-refractivity contribution in [3.63, 3.8) is 0 Å². The van der Waals surface area contributed by atoms with Gasteiger partial charge in [0.2, 0.25) is 0 Å². The summed E-state index contributed by atoms with van der Waals surface area (Å²) >= 11 is 0. The SMILES string of the molecule is CCNC(=O)c1ccc(NC2(C(=O)O)CC2)c([N+](=O)[O-])c1. The van der Waals surface area contributed by atoms with Crippen LogP contribution in [0.3, 0.4) is 0 Å². The van der Waals surface area contributed by atoms with Crippen LogP contribution in [0, 0.1) is 10.1 Å². The van der Waals surface area contributed by atoms with Crippen molar-refractivity contribution in [3.05, 3.63) is 33.9 Å². The number of nitro benzene ring substituents is 1. The second kappa shape index (κ2) is 5.39. The third-order valence-electron chi connectivity index (χ3n) is 3.33. The van der Waals surface area contributed by atoms with Crippen LogP contribution in [0.15, 0.2) is 18.2 Å². The van der Waals surface area contributed by atoms with Crippen LogP contribution in [0.4, 0.5) is 11.4 Å². The van der Waals surface area contributed by atoms with Crippen molar-refractivity contribution in [3.8, 4) is 0 Å². The molecule has 1 aromatic rings. The molecule has 0 bridgehead atoms.